The van der Waals surface area contributed by atoms with Gasteiger partial charge in [-0.05, 0) is 42.2 Å². The fourth-order valence-electron chi connectivity index (χ4n) is 2.85. The maximum atomic E-state index is 12.3. The largest absolute Gasteiger partial charge is 0.368 e. The first-order valence-corrected chi connectivity index (χ1v) is 9.44. The van der Waals surface area contributed by atoms with Crippen molar-refractivity contribution in [1.29, 1.82) is 0 Å². The number of aryl methyl sites for hydroxylation is 1. The molecule has 2 N–H and O–H groups in total. The van der Waals surface area contributed by atoms with Crippen molar-refractivity contribution in [2.24, 2.45) is 0 Å². The molecule has 0 saturated heterocycles. The summed E-state index contributed by atoms with van der Waals surface area (Å²) in [5.41, 5.74) is 1.96. The molecule has 2 heterocycles. The fourth-order valence-corrected chi connectivity index (χ4v) is 2.85. The van der Waals surface area contributed by atoms with Gasteiger partial charge >= 0.3 is 0 Å². The van der Waals surface area contributed by atoms with E-state index in [0.717, 1.165) is 11.6 Å². The number of anilines is 1. The molecular formula is C22H27N5O. The molecule has 146 valence electrons. The van der Waals surface area contributed by atoms with Crippen LogP contribution in [0.15, 0.2) is 54.9 Å². The van der Waals surface area contributed by atoms with Gasteiger partial charge in [-0.1, -0.05) is 32.9 Å². The lowest BCUT2D eigenvalue weighted by atomic mass is 9.87. The van der Waals surface area contributed by atoms with Gasteiger partial charge in [-0.25, -0.2) is 9.97 Å². The molecule has 0 fully saturated rings. The van der Waals surface area contributed by atoms with E-state index in [1.54, 1.807) is 0 Å². The van der Waals surface area contributed by atoms with Crippen molar-refractivity contribution in [3.63, 3.8) is 0 Å². The zero-order chi connectivity index (χ0) is 20.1. The first-order valence-electron chi connectivity index (χ1n) is 9.44. The minimum Gasteiger partial charge on any atom is -0.368 e. The van der Waals surface area contributed by atoms with E-state index >= 15 is 0 Å². The van der Waals surface area contributed by atoms with Crippen molar-refractivity contribution in [2.75, 3.05) is 18.4 Å². The topological polar surface area (TPSA) is 71.8 Å². The quantitative estimate of drug-likeness (QED) is 0.642. The third-order valence-corrected chi connectivity index (χ3v) is 4.42. The third kappa shape index (κ3) is 4.97. The number of benzene rings is 1. The number of amides is 1. The highest BCUT2D eigenvalue weighted by Crippen LogP contribution is 2.22. The van der Waals surface area contributed by atoms with Gasteiger partial charge in [-0.2, -0.15) is 0 Å². The summed E-state index contributed by atoms with van der Waals surface area (Å²) in [5, 5.41) is 6.18. The fraction of sp³-hybridized carbons (Fsp3) is 0.318. The normalized spacial score (nSPS) is 11.3. The van der Waals surface area contributed by atoms with Gasteiger partial charge < -0.3 is 15.2 Å². The van der Waals surface area contributed by atoms with Crippen LogP contribution in [0.4, 0.5) is 5.82 Å². The second-order valence-electron chi connectivity index (χ2n) is 7.76. The minimum atomic E-state index is -0.0749. The molecule has 1 amide bonds. The van der Waals surface area contributed by atoms with Crippen LogP contribution >= 0.6 is 0 Å². The molecule has 1 aromatic carbocycles. The molecule has 0 bridgehead atoms. The molecule has 6 heteroatoms. The molecule has 0 spiro atoms. The van der Waals surface area contributed by atoms with Gasteiger partial charge in [0.15, 0.2) is 0 Å². The number of aromatic nitrogens is 3. The maximum absolute atomic E-state index is 12.3. The van der Waals surface area contributed by atoms with Gasteiger partial charge in [0, 0.05) is 37.1 Å². The Morgan fingerprint density at radius 1 is 1.04 bits per heavy atom. The van der Waals surface area contributed by atoms with E-state index in [9.17, 15) is 4.79 Å². The number of nitrogens with one attached hydrogen (secondary N) is 2. The first-order chi connectivity index (χ1) is 13.3. The van der Waals surface area contributed by atoms with Crippen LogP contribution in [0.3, 0.4) is 0 Å². The van der Waals surface area contributed by atoms with E-state index in [4.69, 9.17) is 0 Å². The average molecular weight is 377 g/mol. The van der Waals surface area contributed by atoms with Crippen molar-refractivity contribution in [2.45, 2.75) is 33.1 Å². The molecule has 6 nitrogen and oxygen atoms in total. The maximum Gasteiger partial charge on any atom is 0.251 e. The molecule has 0 unspecified atom stereocenters. The van der Waals surface area contributed by atoms with E-state index in [1.165, 1.54) is 5.56 Å². The minimum absolute atomic E-state index is 0.0749. The van der Waals surface area contributed by atoms with E-state index in [0.29, 0.717) is 24.5 Å². The Morgan fingerprint density at radius 3 is 2.36 bits per heavy atom. The molecular weight excluding hydrogens is 350 g/mol. The molecule has 2 aromatic heterocycles. The zero-order valence-electron chi connectivity index (χ0n) is 16.9. The SMILES string of the molecule is Cc1nc(NCCNC(=O)c2ccc(C(C)(C)C)cc2)cc(-n2cccc2)n1. The Morgan fingerprint density at radius 2 is 1.71 bits per heavy atom. The first kappa shape index (κ1) is 19.6. The van der Waals surface area contributed by atoms with Gasteiger partial charge in [0.25, 0.3) is 5.91 Å². The number of hydrogen-bond donors (Lipinski definition) is 2. The van der Waals surface area contributed by atoms with E-state index in [-0.39, 0.29) is 11.3 Å². The van der Waals surface area contributed by atoms with Crippen LogP contribution in [0.2, 0.25) is 0 Å². The molecule has 0 radical (unpaired) electrons. The smallest absolute Gasteiger partial charge is 0.251 e. The summed E-state index contributed by atoms with van der Waals surface area (Å²) in [6, 6.07) is 13.6. The second kappa shape index (κ2) is 8.25. The van der Waals surface area contributed by atoms with Crippen molar-refractivity contribution < 1.29 is 4.79 Å². The molecule has 0 atom stereocenters. The van der Waals surface area contributed by atoms with Crippen molar-refractivity contribution in [3.8, 4) is 5.82 Å². The monoisotopic (exact) mass is 377 g/mol. The Hall–Kier alpha value is -3.15. The molecule has 0 aliphatic rings. The predicted octanol–water partition coefficient (Wildman–Crippen LogP) is 3.72. The summed E-state index contributed by atoms with van der Waals surface area (Å²) < 4.78 is 1.93. The van der Waals surface area contributed by atoms with Gasteiger partial charge in [0.05, 0.1) is 0 Å². The van der Waals surface area contributed by atoms with E-state index in [2.05, 4.69) is 41.4 Å². The second-order valence-corrected chi connectivity index (χ2v) is 7.76. The number of carbonyl (C=O) groups is 1. The summed E-state index contributed by atoms with van der Waals surface area (Å²) >= 11 is 0. The van der Waals surface area contributed by atoms with Gasteiger partial charge in [-0.15, -0.1) is 0 Å². The zero-order valence-corrected chi connectivity index (χ0v) is 16.9. The Bertz CT molecular complexity index is 925. The Labute approximate surface area is 166 Å². The summed E-state index contributed by atoms with van der Waals surface area (Å²) in [4.78, 5) is 21.2. The molecule has 3 aromatic rings. The Balaban J connectivity index is 1.52. The van der Waals surface area contributed by atoms with Gasteiger partial charge in [-0.3, -0.25) is 4.79 Å². The number of carbonyl (C=O) groups excluding carboxylic acids is 1. The molecule has 0 aliphatic carbocycles. The summed E-state index contributed by atoms with van der Waals surface area (Å²) in [6.45, 7) is 9.41. The highest BCUT2D eigenvalue weighted by Gasteiger charge is 2.14. The molecule has 0 saturated carbocycles. The highest BCUT2D eigenvalue weighted by molar-refractivity contribution is 5.94. The number of nitrogens with zero attached hydrogens (tertiary/aromatic N) is 3. The van der Waals surface area contributed by atoms with Gasteiger partial charge in [0.2, 0.25) is 0 Å². The number of rotatable bonds is 6. The van der Waals surface area contributed by atoms with Crippen molar-refractivity contribution >= 4 is 11.7 Å². The summed E-state index contributed by atoms with van der Waals surface area (Å²) in [7, 11) is 0. The molecule has 0 aliphatic heterocycles. The van der Waals surface area contributed by atoms with E-state index < -0.39 is 0 Å². The van der Waals surface area contributed by atoms with Crippen molar-refractivity contribution in [1.82, 2.24) is 19.9 Å². The summed E-state index contributed by atoms with van der Waals surface area (Å²) in [5.74, 6) is 2.16. The lowest BCUT2D eigenvalue weighted by molar-refractivity contribution is 0.0955. The average Bonchev–Trinajstić information content (AvgIpc) is 3.19. The third-order valence-electron chi connectivity index (χ3n) is 4.42. The molecule has 3 rings (SSSR count). The van der Waals surface area contributed by atoms with Crippen LogP contribution in [0.1, 0.15) is 42.5 Å². The van der Waals surface area contributed by atoms with Gasteiger partial charge in [0.1, 0.15) is 17.5 Å². The summed E-state index contributed by atoms with van der Waals surface area (Å²) in [6.07, 6.45) is 3.88. The van der Waals surface area contributed by atoms with Crippen LogP contribution in [0, 0.1) is 6.92 Å². The Kier molecular flexibility index (Phi) is 5.78. The standard InChI is InChI=1S/C22H27N5O/c1-16-25-19(15-20(26-16)27-13-5-6-14-27)23-11-12-24-21(28)17-7-9-18(10-8-17)22(2,3)4/h5-10,13-15H,11-12H2,1-4H3,(H,24,28)(H,23,25,26). The highest BCUT2D eigenvalue weighted by atomic mass is 16.1. The van der Waals surface area contributed by atoms with Crippen LogP contribution < -0.4 is 10.6 Å². The van der Waals surface area contributed by atoms with Crippen LogP contribution in [-0.2, 0) is 5.41 Å². The lowest BCUT2D eigenvalue weighted by Gasteiger charge is -2.19. The number of hydrogen-bond acceptors (Lipinski definition) is 4. The van der Waals surface area contributed by atoms with Crippen LogP contribution in [-0.4, -0.2) is 33.5 Å². The molecule has 28 heavy (non-hydrogen) atoms. The van der Waals surface area contributed by atoms with E-state index in [1.807, 2.05) is 66.3 Å². The van der Waals surface area contributed by atoms with Crippen LogP contribution in [0.25, 0.3) is 5.82 Å². The van der Waals surface area contributed by atoms with Crippen molar-refractivity contribution in [3.05, 3.63) is 71.8 Å². The predicted molar refractivity (Wildman–Crippen MR) is 112 cm³/mol. The van der Waals surface area contributed by atoms with Crippen LogP contribution in [0.5, 0.6) is 0 Å². The lowest BCUT2D eigenvalue weighted by Crippen LogP contribution is -2.29.